The van der Waals surface area contributed by atoms with Crippen molar-refractivity contribution in [2.75, 3.05) is 13.1 Å². The van der Waals surface area contributed by atoms with E-state index in [2.05, 4.69) is 42.1 Å². The second-order valence-electron chi connectivity index (χ2n) is 6.04. The van der Waals surface area contributed by atoms with Crippen LogP contribution in [0.25, 0.3) is 0 Å². The summed E-state index contributed by atoms with van der Waals surface area (Å²) in [7, 11) is 2.08. The first kappa shape index (κ1) is 14.6. The van der Waals surface area contributed by atoms with E-state index in [-0.39, 0.29) is 0 Å². The largest absolute Gasteiger partial charge is 0.316 e. The SMILES string of the molecule is CCCNCC1CCC(CC)CC1c1ccnn1C. The predicted molar refractivity (Wildman–Crippen MR) is 80.2 cm³/mol. The van der Waals surface area contributed by atoms with Crippen molar-refractivity contribution >= 4 is 0 Å². The lowest BCUT2D eigenvalue weighted by molar-refractivity contribution is 0.219. The molecule has 3 unspecified atom stereocenters. The maximum absolute atomic E-state index is 4.37. The molecule has 0 aliphatic heterocycles. The minimum absolute atomic E-state index is 0.690. The van der Waals surface area contributed by atoms with Crippen LogP contribution < -0.4 is 5.32 Å². The number of aryl methyl sites for hydroxylation is 1. The summed E-state index contributed by atoms with van der Waals surface area (Å²) in [6.45, 7) is 6.88. The number of hydrogen-bond acceptors (Lipinski definition) is 2. The lowest BCUT2D eigenvalue weighted by Gasteiger charge is -2.36. The van der Waals surface area contributed by atoms with Gasteiger partial charge in [-0.1, -0.05) is 26.7 Å². The van der Waals surface area contributed by atoms with Crippen LogP contribution in [0.5, 0.6) is 0 Å². The van der Waals surface area contributed by atoms with Crippen LogP contribution in [0.3, 0.4) is 0 Å². The quantitative estimate of drug-likeness (QED) is 0.798. The van der Waals surface area contributed by atoms with E-state index in [0.717, 1.165) is 18.4 Å². The van der Waals surface area contributed by atoms with Crippen molar-refractivity contribution in [3.63, 3.8) is 0 Å². The van der Waals surface area contributed by atoms with Gasteiger partial charge in [0.15, 0.2) is 0 Å². The molecular formula is C16H29N3. The zero-order valence-corrected chi connectivity index (χ0v) is 12.7. The van der Waals surface area contributed by atoms with Crippen LogP contribution in [-0.2, 0) is 7.05 Å². The van der Waals surface area contributed by atoms with Gasteiger partial charge in [-0.25, -0.2) is 0 Å². The molecule has 1 saturated carbocycles. The summed E-state index contributed by atoms with van der Waals surface area (Å²) in [5.41, 5.74) is 1.43. The molecule has 1 aliphatic carbocycles. The third-order valence-corrected chi connectivity index (χ3v) is 4.75. The van der Waals surface area contributed by atoms with Gasteiger partial charge >= 0.3 is 0 Å². The zero-order chi connectivity index (χ0) is 13.7. The van der Waals surface area contributed by atoms with E-state index < -0.39 is 0 Å². The molecule has 0 spiro atoms. The van der Waals surface area contributed by atoms with E-state index in [1.54, 1.807) is 0 Å². The number of hydrogen-bond donors (Lipinski definition) is 1. The highest BCUT2D eigenvalue weighted by atomic mass is 15.3. The van der Waals surface area contributed by atoms with Crippen LogP contribution in [0.2, 0.25) is 0 Å². The fourth-order valence-corrected chi connectivity index (χ4v) is 3.51. The normalized spacial score (nSPS) is 27.6. The molecule has 0 amide bonds. The van der Waals surface area contributed by atoms with E-state index in [0.29, 0.717) is 5.92 Å². The van der Waals surface area contributed by atoms with E-state index in [4.69, 9.17) is 0 Å². The topological polar surface area (TPSA) is 29.9 Å². The van der Waals surface area contributed by atoms with Crippen molar-refractivity contribution in [3.05, 3.63) is 18.0 Å². The Labute approximate surface area is 117 Å². The molecule has 0 radical (unpaired) electrons. The standard InChI is InChI=1S/C16H29N3/c1-4-9-17-12-14-7-6-13(5-2)11-15(14)16-8-10-18-19(16)3/h8,10,13-15,17H,4-7,9,11-12H2,1-3H3. The first-order chi connectivity index (χ1) is 9.26. The number of nitrogens with zero attached hydrogens (tertiary/aromatic N) is 2. The summed E-state index contributed by atoms with van der Waals surface area (Å²) in [6, 6.07) is 2.22. The monoisotopic (exact) mass is 263 g/mol. The van der Waals surface area contributed by atoms with E-state index in [1.807, 2.05) is 6.20 Å². The van der Waals surface area contributed by atoms with Gasteiger partial charge in [-0.3, -0.25) is 4.68 Å². The summed E-state index contributed by atoms with van der Waals surface area (Å²) in [5, 5.41) is 7.99. The lowest BCUT2D eigenvalue weighted by atomic mass is 9.71. The van der Waals surface area contributed by atoms with E-state index >= 15 is 0 Å². The zero-order valence-electron chi connectivity index (χ0n) is 12.7. The molecule has 0 aromatic carbocycles. The van der Waals surface area contributed by atoms with Crippen molar-refractivity contribution in [2.24, 2.45) is 18.9 Å². The maximum atomic E-state index is 4.37. The average molecular weight is 263 g/mol. The molecule has 0 saturated heterocycles. The maximum Gasteiger partial charge on any atom is 0.0492 e. The average Bonchev–Trinajstić information content (AvgIpc) is 2.85. The molecule has 2 rings (SSSR count). The van der Waals surface area contributed by atoms with Crippen molar-refractivity contribution in [1.29, 1.82) is 0 Å². The molecule has 1 fully saturated rings. The Morgan fingerprint density at radius 1 is 1.37 bits per heavy atom. The van der Waals surface area contributed by atoms with Gasteiger partial charge in [0.25, 0.3) is 0 Å². The first-order valence-corrected chi connectivity index (χ1v) is 7.94. The van der Waals surface area contributed by atoms with Crippen LogP contribution in [0.1, 0.15) is 57.6 Å². The third kappa shape index (κ3) is 3.59. The fraction of sp³-hybridized carbons (Fsp3) is 0.812. The summed E-state index contributed by atoms with van der Waals surface area (Å²) in [6.07, 6.45) is 8.61. The molecule has 1 aliphatic rings. The van der Waals surface area contributed by atoms with Crippen molar-refractivity contribution in [3.8, 4) is 0 Å². The van der Waals surface area contributed by atoms with Crippen LogP contribution in [0, 0.1) is 11.8 Å². The molecular weight excluding hydrogens is 234 g/mol. The first-order valence-electron chi connectivity index (χ1n) is 7.94. The van der Waals surface area contributed by atoms with Gasteiger partial charge in [0, 0.05) is 24.9 Å². The highest BCUT2D eigenvalue weighted by Gasteiger charge is 2.32. The number of aromatic nitrogens is 2. The molecule has 1 N–H and O–H groups in total. The van der Waals surface area contributed by atoms with Crippen molar-refractivity contribution in [2.45, 2.75) is 51.9 Å². The second-order valence-corrected chi connectivity index (χ2v) is 6.04. The van der Waals surface area contributed by atoms with Crippen LogP contribution in [0.15, 0.2) is 12.3 Å². The molecule has 19 heavy (non-hydrogen) atoms. The molecule has 1 heterocycles. The molecule has 0 bridgehead atoms. The molecule has 1 aromatic heterocycles. The molecule has 3 nitrogen and oxygen atoms in total. The Hall–Kier alpha value is -0.830. The van der Waals surface area contributed by atoms with Crippen molar-refractivity contribution in [1.82, 2.24) is 15.1 Å². The van der Waals surface area contributed by atoms with Gasteiger partial charge in [0.1, 0.15) is 0 Å². The molecule has 1 aromatic rings. The van der Waals surface area contributed by atoms with Gasteiger partial charge in [-0.2, -0.15) is 5.10 Å². The Morgan fingerprint density at radius 3 is 2.84 bits per heavy atom. The smallest absolute Gasteiger partial charge is 0.0492 e. The fourth-order valence-electron chi connectivity index (χ4n) is 3.51. The second kappa shape index (κ2) is 7.09. The molecule has 108 valence electrons. The minimum Gasteiger partial charge on any atom is -0.316 e. The summed E-state index contributed by atoms with van der Waals surface area (Å²) in [4.78, 5) is 0. The van der Waals surface area contributed by atoms with Crippen LogP contribution >= 0.6 is 0 Å². The minimum atomic E-state index is 0.690. The Balaban J connectivity index is 2.05. The Bertz CT molecular complexity index is 370. The third-order valence-electron chi connectivity index (χ3n) is 4.75. The highest BCUT2D eigenvalue weighted by molar-refractivity contribution is 5.11. The van der Waals surface area contributed by atoms with Gasteiger partial charge in [0.2, 0.25) is 0 Å². The van der Waals surface area contributed by atoms with E-state index in [9.17, 15) is 0 Å². The molecule has 3 heteroatoms. The van der Waals surface area contributed by atoms with Gasteiger partial charge in [-0.15, -0.1) is 0 Å². The Kier molecular flexibility index (Phi) is 5.44. The van der Waals surface area contributed by atoms with E-state index in [1.165, 1.54) is 44.3 Å². The predicted octanol–water partition coefficient (Wildman–Crippen LogP) is 3.33. The molecule has 3 atom stereocenters. The van der Waals surface area contributed by atoms with Gasteiger partial charge in [-0.05, 0) is 50.3 Å². The van der Waals surface area contributed by atoms with Crippen LogP contribution in [0.4, 0.5) is 0 Å². The number of rotatable bonds is 6. The number of nitrogens with one attached hydrogen (secondary N) is 1. The highest BCUT2D eigenvalue weighted by Crippen LogP contribution is 2.41. The van der Waals surface area contributed by atoms with Gasteiger partial charge in [0.05, 0.1) is 0 Å². The summed E-state index contributed by atoms with van der Waals surface area (Å²) >= 11 is 0. The Morgan fingerprint density at radius 2 is 2.21 bits per heavy atom. The summed E-state index contributed by atoms with van der Waals surface area (Å²) in [5.74, 6) is 2.38. The van der Waals surface area contributed by atoms with Crippen molar-refractivity contribution < 1.29 is 0 Å². The van der Waals surface area contributed by atoms with Crippen LogP contribution in [-0.4, -0.2) is 22.9 Å². The lowest BCUT2D eigenvalue weighted by Crippen LogP contribution is -2.33. The van der Waals surface area contributed by atoms with Gasteiger partial charge < -0.3 is 5.32 Å². The summed E-state index contributed by atoms with van der Waals surface area (Å²) < 4.78 is 2.08.